The third kappa shape index (κ3) is 4.86. The van der Waals surface area contributed by atoms with Crippen LogP contribution in [0, 0.1) is 5.92 Å². The monoisotopic (exact) mass is 243 g/mol. The minimum absolute atomic E-state index is 0. The van der Waals surface area contributed by atoms with Crippen LogP contribution in [0.25, 0.3) is 0 Å². The average Bonchev–Trinajstić information content (AvgIpc) is 2.26. The number of nitrogens with two attached hydrogens (primary N) is 1. The molecule has 0 radical (unpaired) electrons. The molecule has 0 amide bonds. The fraction of sp³-hybridized carbons (Fsp3) is 0.538. The van der Waals surface area contributed by atoms with E-state index in [4.69, 9.17) is 10.5 Å². The highest BCUT2D eigenvalue weighted by atomic mass is 35.5. The fourth-order valence-electron chi connectivity index (χ4n) is 1.53. The number of rotatable bonds is 5. The summed E-state index contributed by atoms with van der Waals surface area (Å²) in [5.41, 5.74) is 7.29. The van der Waals surface area contributed by atoms with E-state index in [0.29, 0.717) is 5.92 Å². The van der Waals surface area contributed by atoms with Crippen molar-refractivity contribution in [2.24, 2.45) is 11.7 Å². The summed E-state index contributed by atoms with van der Waals surface area (Å²) < 4.78 is 5.11. The van der Waals surface area contributed by atoms with E-state index in [9.17, 15) is 0 Å². The van der Waals surface area contributed by atoms with E-state index in [2.05, 4.69) is 13.8 Å². The van der Waals surface area contributed by atoms with Crippen molar-refractivity contribution in [3.05, 3.63) is 29.8 Å². The van der Waals surface area contributed by atoms with E-state index >= 15 is 0 Å². The molecule has 0 spiro atoms. The van der Waals surface area contributed by atoms with Gasteiger partial charge in [-0.25, -0.2) is 0 Å². The Morgan fingerprint density at radius 2 is 1.69 bits per heavy atom. The lowest BCUT2D eigenvalue weighted by Gasteiger charge is -2.13. The van der Waals surface area contributed by atoms with Crippen molar-refractivity contribution in [2.45, 2.75) is 32.7 Å². The highest BCUT2D eigenvalue weighted by Crippen LogP contribution is 2.20. The molecule has 0 heterocycles. The maximum absolute atomic E-state index is 6.09. The van der Waals surface area contributed by atoms with Crippen LogP contribution in [0.2, 0.25) is 0 Å². The predicted octanol–water partition coefficient (Wildman–Crippen LogP) is 3.55. The van der Waals surface area contributed by atoms with Gasteiger partial charge in [0.25, 0.3) is 0 Å². The zero-order valence-corrected chi connectivity index (χ0v) is 11.1. The normalized spacial score (nSPS) is 12.1. The second-order valence-corrected chi connectivity index (χ2v) is 4.35. The molecule has 0 aromatic heterocycles. The first-order valence-electron chi connectivity index (χ1n) is 5.53. The fourth-order valence-corrected chi connectivity index (χ4v) is 1.53. The maximum Gasteiger partial charge on any atom is 0.118 e. The molecule has 0 bridgehead atoms. The second kappa shape index (κ2) is 7.53. The van der Waals surface area contributed by atoms with Crippen molar-refractivity contribution in [3.63, 3.8) is 0 Å². The number of benzene rings is 1. The van der Waals surface area contributed by atoms with E-state index in [1.807, 2.05) is 24.3 Å². The molecule has 3 heteroatoms. The molecule has 0 aliphatic carbocycles. The van der Waals surface area contributed by atoms with Crippen molar-refractivity contribution in [1.82, 2.24) is 0 Å². The minimum Gasteiger partial charge on any atom is -0.497 e. The van der Waals surface area contributed by atoms with Gasteiger partial charge < -0.3 is 10.5 Å². The molecule has 1 aromatic carbocycles. The number of methoxy groups -OCH3 is 1. The van der Waals surface area contributed by atoms with Crippen LogP contribution in [-0.4, -0.2) is 7.11 Å². The number of hydrogen-bond donors (Lipinski definition) is 1. The lowest BCUT2D eigenvalue weighted by Crippen LogP contribution is -2.11. The summed E-state index contributed by atoms with van der Waals surface area (Å²) in [6.45, 7) is 4.45. The van der Waals surface area contributed by atoms with Gasteiger partial charge in [-0.05, 0) is 36.5 Å². The molecular weight excluding hydrogens is 222 g/mol. The van der Waals surface area contributed by atoms with Gasteiger partial charge in [0, 0.05) is 6.04 Å². The van der Waals surface area contributed by atoms with Crippen molar-refractivity contribution >= 4 is 12.4 Å². The SMILES string of the molecule is COc1ccc([C@H](N)CCC(C)C)cc1.Cl. The standard InChI is InChI=1S/C13H21NO.ClH/c1-10(2)4-9-13(14)11-5-7-12(15-3)8-6-11;/h5-8,10,13H,4,9,14H2,1-3H3;1H/t13-;/m1./s1. The summed E-state index contributed by atoms with van der Waals surface area (Å²) in [5, 5.41) is 0. The summed E-state index contributed by atoms with van der Waals surface area (Å²) >= 11 is 0. The molecule has 92 valence electrons. The van der Waals surface area contributed by atoms with Crippen LogP contribution in [0.1, 0.15) is 38.3 Å². The topological polar surface area (TPSA) is 35.2 Å². The van der Waals surface area contributed by atoms with Crippen molar-refractivity contribution in [1.29, 1.82) is 0 Å². The molecule has 0 aliphatic rings. The molecule has 1 rings (SSSR count). The van der Waals surface area contributed by atoms with Crippen LogP contribution in [-0.2, 0) is 0 Å². The molecule has 2 nitrogen and oxygen atoms in total. The summed E-state index contributed by atoms with van der Waals surface area (Å²) in [6.07, 6.45) is 2.22. The van der Waals surface area contributed by atoms with Crippen LogP contribution in [0.15, 0.2) is 24.3 Å². The Kier molecular flexibility index (Phi) is 7.18. The Morgan fingerprint density at radius 1 is 1.12 bits per heavy atom. The number of ether oxygens (including phenoxy) is 1. The van der Waals surface area contributed by atoms with Crippen LogP contribution in [0.5, 0.6) is 5.75 Å². The zero-order valence-electron chi connectivity index (χ0n) is 10.3. The van der Waals surface area contributed by atoms with Gasteiger partial charge in [0.2, 0.25) is 0 Å². The van der Waals surface area contributed by atoms with Gasteiger partial charge in [0.1, 0.15) is 5.75 Å². The first-order valence-corrected chi connectivity index (χ1v) is 5.53. The lowest BCUT2D eigenvalue weighted by molar-refractivity contribution is 0.414. The predicted molar refractivity (Wildman–Crippen MR) is 71.2 cm³/mol. The zero-order chi connectivity index (χ0) is 11.3. The van der Waals surface area contributed by atoms with Crippen LogP contribution in [0.3, 0.4) is 0 Å². The molecule has 0 aliphatic heterocycles. The van der Waals surface area contributed by atoms with E-state index in [0.717, 1.165) is 12.2 Å². The van der Waals surface area contributed by atoms with Gasteiger partial charge >= 0.3 is 0 Å². The first kappa shape index (κ1) is 15.3. The Labute approximate surface area is 105 Å². The number of hydrogen-bond acceptors (Lipinski definition) is 2. The Morgan fingerprint density at radius 3 is 2.12 bits per heavy atom. The van der Waals surface area contributed by atoms with Crippen molar-refractivity contribution in [3.8, 4) is 5.75 Å². The minimum atomic E-state index is 0. The first-order chi connectivity index (χ1) is 7.13. The number of halogens is 1. The maximum atomic E-state index is 6.09. The van der Waals surface area contributed by atoms with E-state index in [-0.39, 0.29) is 18.4 Å². The molecule has 1 aromatic rings. The molecule has 1 atom stereocenters. The van der Waals surface area contributed by atoms with Gasteiger partial charge in [0.15, 0.2) is 0 Å². The summed E-state index contributed by atoms with van der Waals surface area (Å²) in [7, 11) is 1.67. The highest BCUT2D eigenvalue weighted by molar-refractivity contribution is 5.85. The average molecular weight is 244 g/mol. The molecule has 0 saturated heterocycles. The van der Waals surface area contributed by atoms with Crippen LogP contribution >= 0.6 is 12.4 Å². The smallest absolute Gasteiger partial charge is 0.118 e. The molecule has 2 N–H and O–H groups in total. The van der Waals surface area contributed by atoms with E-state index < -0.39 is 0 Å². The summed E-state index contributed by atoms with van der Waals surface area (Å²) in [5.74, 6) is 1.60. The van der Waals surface area contributed by atoms with Gasteiger partial charge in [-0.1, -0.05) is 26.0 Å². The van der Waals surface area contributed by atoms with Gasteiger partial charge in [-0.2, -0.15) is 0 Å². The largest absolute Gasteiger partial charge is 0.497 e. The van der Waals surface area contributed by atoms with Crippen molar-refractivity contribution in [2.75, 3.05) is 7.11 Å². The van der Waals surface area contributed by atoms with Gasteiger partial charge in [-0.3, -0.25) is 0 Å². The third-order valence-corrected chi connectivity index (χ3v) is 2.60. The van der Waals surface area contributed by atoms with Crippen LogP contribution < -0.4 is 10.5 Å². The quantitative estimate of drug-likeness (QED) is 0.859. The van der Waals surface area contributed by atoms with Crippen LogP contribution in [0.4, 0.5) is 0 Å². The van der Waals surface area contributed by atoms with Crippen molar-refractivity contribution < 1.29 is 4.74 Å². The summed E-state index contributed by atoms with van der Waals surface area (Å²) in [4.78, 5) is 0. The molecule has 16 heavy (non-hydrogen) atoms. The highest BCUT2D eigenvalue weighted by Gasteiger charge is 2.06. The molecular formula is C13H22ClNO. The van der Waals surface area contributed by atoms with Gasteiger partial charge in [-0.15, -0.1) is 12.4 Å². The molecule has 0 saturated carbocycles. The third-order valence-electron chi connectivity index (χ3n) is 2.60. The molecule has 0 unspecified atom stereocenters. The second-order valence-electron chi connectivity index (χ2n) is 4.35. The van der Waals surface area contributed by atoms with E-state index in [1.54, 1.807) is 7.11 Å². The van der Waals surface area contributed by atoms with E-state index in [1.165, 1.54) is 12.0 Å². The Balaban J connectivity index is 0.00000225. The summed E-state index contributed by atoms with van der Waals surface area (Å²) in [6, 6.07) is 8.17. The Bertz CT molecular complexity index is 284. The van der Waals surface area contributed by atoms with Gasteiger partial charge in [0.05, 0.1) is 7.11 Å². The molecule has 0 fully saturated rings. The lowest BCUT2D eigenvalue weighted by atomic mass is 9.98. The Hall–Kier alpha value is -0.730.